The van der Waals surface area contributed by atoms with Gasteiger partial charge in [0.25, 0.3) is 0 Å². The van der Waals surface area contributed by atoms with E-state index in [4.69, 9.17) is 14.2 Å². The zero-order valence-electron chi connectivity index (χ0n) is 22.6. The molecule has 0 saturated heterocycles. The molecule has 0 aromatic heterocycles. The summed E-state index contributed by atoms with van der Waals surface area (Å²) in [4.78, 5) is 29.1. The second-order valence-electron chi connectivity index (χ2n) is 10.9. The first-order chi connectivity index (χ1) is 17.2. The van der Waals surface area contributed by atoms with Gasteiger partial charge in [-0.3, -0.25) is 9.59 Å². The van der Waals surface area contributed by atoms with E-state index in [1.807, 2.05) is 20.8 Å². The summed E-state index contributed by atoms with van der Waals surface area (Å²) in [5, 5.41) is 0. The van der Waals surface area contributed by atoms with Gasteiger partial charge in [0.15, 0.2) is 5.78 Å². The van der Waals surface area contributed by atoms with Crippen molar-refractivity contribution >= 4 is 56.9 Å². The van der Waals surface area contributed by atoms with Crippen LogP contribution in [-0.2, 0) is 23.8 Å². The van der Waals surface area contributed by atoms with Crippen molar-refractivity contribution in [2.24, 2.45) is 17.8 Å². The third kappa shape index (κ3) is 7.81. The molecule has 0 radical (unpaired) electrons. The Morgan fingerprint density at radius 2 is 1.69 bits per heavy atom. The lowest BCUT2D eigenvalue weighted by molar-refractivity contribution is -0.150. The van der Waals surface area contributed by atoms with Gasteiger partial charge < -0.3 is 19.1 Å². The monoisotopic (exact) mass is 729 g/mol. The van der Waals surface area contributed by atoms with Crippen LogP contribution in [0, 0.1) is 17.8 Å². The molecule has 0 aromatic rings. The summed E-state index contributed by atoms with van der Waals surface area (Å²) in [6.45, 7) is 14.1. The zero-order chi connectivity index (χ0) is 26.4. The van der Waals surface area contributed by atoms with Crippen LogP contribution in [0.5, 0.6) is 0 Å². The molecule has 2 fully saturated rings. The number of hydrogen-bond acceptors (Lipinski definition) is 6. The highest BCUT2D eigenvalue weighted by molar-refractivity contribution is 14.1. The van der Waals surface area contributed by atoms with Crippen molar-refractivity contribution < 1.29 is 23.8 Å². The van der Waals surface area contributed by atoms with Crippen LogP contribution in [0.25, 0.3) is 0 Å². The van der Waals surface area contributed by atoms with Crippen LogP contribution in [0.15, 0.2) is 11.3 Å². The Hall–Kier alpha value is 0.0600. The first kappa shape index (κ1) is 30.6. The van der Waals surface area contributed by atoms with Gasteiger partial charge in [0.05, 0.1) is 12.7 Å². The number of halogens is 2. The maximum Gasteiger partial charge on any atom is 0.313 e. The van der Waals surface area contributed by atoms with Crippen LogP contribution >= 0.6 is 45.2 Å². The largest absolute Gasteiger partial charge is 0.493 e. The highest BCUT2D eigenvalue weighted by Crippen LogP contribution is 2.45. The second kappa shape index (κ2) is 14.4. The van der Waals surface area contributed by atoms with Crippen LogP contribution < -0.4 is 0 Å². The number of esters is 1. The van der Waals surface area contributed by atoms with E-state index in [0.717, 1.165) is 70.3 Å². The Labute approximate surface area is 245 Å². The van der Waals surface area contributed by atoms with Crippen LogP contribution in [-0.4, -0.2) is 69.1 Å². The number of Topliss-reactive ketones (excluding diaryl/α,β-unsaturated/α-hetero) is 1. The summed E-state index contributed by atoms with van der Waals surface area (Å²) in [6, 6.07) is 0. The predicted octanol–water partition coefficient (Wildman–Crippen LogP) is 6.12. The van der Waals surface area contributed by atoms with Crippen molar-refractivity contribution in [1.29, 1.82) is 0 Å². The van der Waals surface area contributed by atoms with Gasteiger partial charge in [0, 0.05) is 31.8 Å². The average molecular weight is 729 g/mol. The molecule has 8 heteroatoms. The molecule has 36 heavy (non-hydrogen) atoms. The number of carbonyl (C=O) groups excluding carboxylic acids is 2. The molecule has 2 saturated carbocycles. The van der Waals surface area contributed by atoms with E-state index in [1.165, 1.54) is 0 Å². The van der Waals surface area contributed by atoms with E-state index < -0.39 is 0 Å². The van der Waals surface area contributed by atoms with Crippen LogP contribution in [0.1, 0.15) is 79.6 Å². The summed E-state index contributed by atoms with van der Waals surface area (Å²) in [6.07, 6.45) is 5.90. The third-order valence-electron chi connectivity index (χ3n) is 8.21. The molecule has 0 N–H and O–H groups in total. The molecule has 0 spiro atoms. The maximum atomic E-state index is 14.0. The van der Waals surface area contributed by atoms with E-state index in [9.17, 15) is 9.59 Å². The van der Waals surface area contributed by atoms with Crippen molar-refractivity contribution in [3.8, 4) is 0 Å². The van der Waals surface area contributed by atoms with Gasteiger partial charge in [-0.05, 0) is 58.0 Å². The molecule has 3 aliphatic rings. The van der Waals surface area contributed by atoms with Gasteiger partial charge in [-0.1, -0.05) is 79.3 Å². The standard InChI is InChI=1S/C28H45I2NO5/c1-6-31(7-2)12-13-34-28-21(29)14-19(15-22(28)30)27(33)26-20-10-8-9-11-23(20)36-24(26)16-25(32)35-18(5)17(3)4/h17-23,28H,6-16H2,1-5H3/t18-,19?,20?,21?,22?,23?,28?/m0/s1. The lowest BCUT2D eigenvalue weighted by Crippen LogP contribution is -2.44. The van der Waals surface area contributed by atoms with Gasteiger partial charge in [-0.15, -0.1) is 0 Å². The minimum Gasteiger partial charge on any atom is -0.493 e. The molecule has 0 bridgehead atoms. The lowest BCUT2D eigenvalue weighted by Gasteiger charge is -2.37. The fourth-order valence-corrected chi connectivity index (χ4v) is 9.07. The number of carbonyl (C=O) groups is 2. The quantitative estimate of drug-likeness (QED) is 0.137. The molecule has 6 nitrogen and oxygen atoms in total. The number of alkyl halides is 2. The Balaban J connectivity index is 1.69. The number of ketones is 1. The van der Waals surface area contributed by atoms with E-state index in [2.05, 4.69) is 63.9 Å². The second-order valence-corrected chi connectivity index (χ2v) is 14.1. The normalized spacial score (nSPS) is 31.4. The highest BCUT2D eigenvalue weighted by atomic mass is 127. The Bertz CT molecular complexity index is 772. The van der Waals surface area contributed by atoms with E-state index in [-0.39, 0.29) is 62.1 Å². The molecule has 1 heterocycles. The molecule has 0 aromatic carbocycles. The third-order valence-corrected chi connectivity index (χ3v) is 10.6. The minimum absolute atomic E-state index is 0.0357. The highest BCUT2D eigenvalue weighted by Gasteiger charge is 2.46. The summed E-state index contributed by atoms with van der Waals surface area (Å²) < 4.78 is 18.8. The molecule has 5 atom stereocenters. The topological polar surface area (TPSA) is 65.1 Å². The molecule has 206 valence electrons. The molecule has 3 rings (SSSR count). The van der Waals surface area contributed by atoms with Crippen molar-refractivity contribution in [1.82, 2.24) is 4.90 Å². The van der Waals surface area contributed by atoms with E-state index in [1.54, 1.807) is 0 Å². The molecular formula is C28H45I2NO5. The number of ether oxygens (including phenoxy) is 3. The molecule has 2 aliphatic carbocycles. The van der Waals surface area contributed by atoms with Crippen molar-refractivity contribution in [2.45, 2.75) is 106 Å². The van der Waals surface area contributed by atoms with Crippen molar-refractivity contribution in [3.05, 3.63) is 11.3 Å². The average Bonchev–Trinajstić information content (AvgIpc) is 3.20. The Morgan fingerprint density at radius 1 is 1.06 bits per heavy atom. The number of hydrogen-bond donors (Lipinski definition) is 0. The SMILES string of the molecule is CCN(CC)CCOC1C(I)CC(C(=O)C2=C(CC(=O)O[C@@H](C)C(C)C)OC3CCCCC23)CC1I. The minimum atomic E-state index is -0.293. The summed E-state index contributed by atoms with van der Waals surface area (Å²) in [7, 11) is 0. The first-order valence-corrected chi connectivity index (χ1v) is 16.4. The Morgan fingerprint density at radius 3 is 2.31 bits per heavy atom. The number of nitrogens with zero attached hydrogens (tertiary/aromatic N) is 1. The zero-order valence-corrected chi connectivity index (χ0v) is 27.0. The molecular weight excluding hydrogens is 684 g/mol. The Kier molecular flexibility index (Phi) is 12.3. The summed E-state index contributed by atoms with van der Waals surface area (Å²) in [5.74, 6) is 0.830. The van der Waals surface area contributed by atoms with Gasteiger partial charge in [-0.2, -0.15) is 0 Å². The van der Waals surface area contributed by atoms with Gasteiger partial charge in [0.1, 0.15) is 24.4 Å². The van der Waals surface area contributed by atoms with Crippen molar-refractivity contribution in [3.63, 3.8) is 0 Å². The first-order valence-electron chi connectivity index (χ1n) is 13.9. The fraction of sp³-hybridized carbons (Fsp3) is 0.857. The molecule has 1 aliphatic heterocycles. The van der Waals surface area contributed by atoms with Crippen LogP contribution in [0.3, 0.4) is 0 Å². The molecule has 4 unspecified atom stereocenters. The smallest absolute Gasteiger partial charge is 0.313 e. The van der Waals surface area contributed by atoms with Crippen LogP contribution in [0.2, 0.25) is 0 Å². The van der Waals surface area contributed by atoms with Crippen molar-refractivity contribution in [2.75, 3.05) is 26.2 Å². The maximum absolute atomic E-state index is 14.0. The van der Waals surface area contributed by atoms with Crippen LogP contribution in [0.4, 0.5) is 0 Å². The van der Waals surface area contributed by atoms with E-state index in [0.29, 0.717) is 5.76 Å². The van der Waals surface area contributed by atoms with Gasteiger partial charge >= 0.3 is 5.97 Å². The summed E-state index contributed by atoms with van der Waals surface area (Å²) >= 11 is 4.97. The van der Waals surface area contributed by atoms with Gasteiger partial charge in [-0.25, -0.2) is 0 Å². The summed E-state index contributed by atoms with van der Waals surface area (Å²) in [5.41, 5.74) is 0.798. The fourth-order valence-electron chi connectivity index (χ4n) is 5.63. The van der Waals surface area contributed by atoms with Gasteiger partial charge in [0.2, 0.25) is 0 Å². The van der Waals surface area contributed by atoms with E-state index >= 15 is 0 Å². The predicted molar refractivity (Wildman–Crippen MR) is 160 cm³/mol. The number of likely N-dealkylation sites (N-methyl/N-ethyl adjacent to an activating group) is 1. The molecule has 0 amide bonds. The number of rotatable bonds is 12. The lowest BCUT2D eigenvalue weighted by atomic mass is 9.75. The number of fused-ring (bicyclic) bond motifs is 1.